The molecule has 0 unspecified atom stereocenters. The number of halogens is 1. The summed E-state index contributed by atoms with van der Waals surface area (Å²) in [5.41, 5.74) is 2.13. The van der Waals surface area contributed by atoms with Crippen LogP contribution in [0.1, 0.15) is 31.2 Å². The summed E-state index contributed by atoms with van der Waals surface area (Å²) < 4.78 is 25.9. The van der Waals surface area contributed by atoms with E-state index in [4.69, 9.17) is 9.47 Å². The highest BCUT2D eigenvalue weighted by atomic mass is 19.1. The molecule has 1 aliphatic heterocycles. The van der Waals surface area contributed by atoms with Crippen LogP contribution in [0.25, 0.3) is 10.9 Å². The molecule has 2 aromatic carbocycles. The van der Waals surface area contributed by atoms with Gasteiger partial charge in [0.15, 0.2) is 11.5 Å². The number of nitrogens with one attached hydrogen (secondary N) is 2. The van der Waals surface area contributed by atoms with Crippen LogP contribution in [-0.4, -0.2) is 59.7 Å². The average Bonchev–Trinajstić information content (AvgIpc) is 2.84. The summed E-state index contributed by atoms with van der Waals surface area (Å²) in [7, 11) is 1.61. The number of fused-ring (bicyclic) bond motifs is 1. The maximum Gasteiger partial charge on any atom is 0.234 e. The maximum atomic E-state index is 13.9. The number of benzene rings is 2. The highest BCUT2D eigenvalue weighted by Gasteiger charge is 2.30. The zero-order valence-electron chi connectivity index (χ0n) is 20.0. The van der Waals surface area contributed by atoms with Crippen molar-refractivity contribution in [2.75, 3.05) is 32.1 Å². The van der Waals surface area contributed by atoms with Gasteiger partial charge in [0.05, 0.1) is 25.3 Å². The molecule has 3 aromatic rings. The Balaban J connectivity index is 1.34. The van der Waals surface area contributed by atoms with Crippen LogP contribution in [0.2, 0.25) is 0 Å². The summed E-state index contributed by atoms with van der Waals surface area (Å²) in [4.78, 5) is 22.8. The van der Waals surface area contributed by atoms with E-state index in [0.717, 1.165) is 49.7 Å². The van der Waals surface area contributed by atoms with Crippen LogP contribution in [0.5, 0.6) is 11.5 Å². The van der Waals surface area contributed by atoms with E-state index in [1.165, 1.54) is 18.5 Å². The molecular formula is C26H30FN5O3. The second-order valence-electron chi connectivity index (χ2n) is 9.25. The molecule has 5 rings (SSSR count). The lowest BCUT2D eigenvalue weighted by atomic mass is 9.91. The number of nitrogens with zero attached hydrogens (tertiary/aromatic N) is 3. The van der Waals surface area contributed by atoms with Crippen LogP contribution >= 0.6 is 0 Å². The number of methoxy groups -OCH3 is 1. The topological polar surface area (TPSA) is 88.6 Å². The van der Waals surface area contributed by atoms with Crippen molar-refractivity contribution >= 4 is 28.3 Å². The lowest BCUT2D eigenvalue weighted by Gasteiger charge is -2.38. The number of hydrogen-bond acceptors (Lipinski definition) is 7. The molecule has 0 spiro atoms. The molecule has 2 heterocycles. The van der Waals surface area contributed by atoms with Crippen molar-refractivity contribution in [3.05, 3.63) is 48.0 Å². The molecule has 0 atom stereocenters. The van der Waals surface area contributed by atoms with Gasteiger partial charge < -0.3 is 20.1 Å². The van der Waals surface area contributed by atoms with Gasteiger partial charge in [-0.3, -0.25) is 9.69 Å². The fourth-order valence-electron chi connectivity index (χ4n) is 5.04. The van der Waals surface area contributed by atoms with Gasteiger partial charge in [-0.1, -0.05) is 0 Å². The van der Waals surface area contributed by atoms with E-state index in [2.05, 4.69) is 25.5 Å². The van der Waals surface area contributed by atoms with Gasteiger partial charge in [0.1, 0.15) is 18.0 Å². The van der Waals surface area contributed by atoms with Crippen molar-refractivity contribution in [2.45, 2.75) is 44.8 Å². The molecule has 1 amide bonds. The number of aryl methyl sites for hydroxylation is 1. The van der Waals surface area contributed by atoms with E-state index in [9.17, 15) is 9.18 Å². The quantitative estimate of drug-likeness (QED) is 0.553. The monoisotopic (exact) mass is 479 g/mol. The fraction of sp³-hybridized carbons (Fsp3) is 0.423. The number of ether oxygens (including phenoxy) is 2. The maximum absolute atomic E-state index is 13.9. The number of anilines is 2. The molecule has 1 aromatic heterocycles. The molecule has 2 aliphatic rings. The second-order valence-corrected chi connectivity index (χ2v) is 9.25. The Morgan fingerprint density at radius 3 is 2.66 bits per heavy atom. The van der Waals surface area contributed by atoms with Gasteiger partial charge in [-0.15, -0.1) is 0 Å². The normalized spacial score (nSPS) is 20.9. The van der Waals surface area contributed by atoms with E-state index in [1.54, 1.807) is 7.11 Å². The molecule has 0 radical (unpaired) electrons. The highest BCUT2D eigenvalue weighted by molar-refractivity contribution is 5.93. The van der Waals surface area contributed by atoms with Gasteiger partial charge in [-0.2, -0.15) is 0 Å². The van der Waals surface area contributed by atoms with Crippen LogP contribution < -0.4 is 20.1 Å². The second kappa shape index (κ2) is 10.0. The largest absolute Gasteiger partial charge is 0.493 e. The van der Waals surface area contributed by atoms with Gasteiger partial charge in [0.2, 0.25) is 5.91 Å². The molecule has 0 bridgehead atoms. The number of piperazine rings is 1. The molecule has 35 heavy (non-hydrogen) atoms. The lowest BCUT2D eigenvalue weighted by Crippen LogP contribution is -2.52. The first kappa shape index (κ1) is 23.3. The molecule has 2 N–H and O–H groups in total. The fourth-order valence-corrected chi connectivity index (χ4v) is 5.04. The highest BCUT2D eigenvalue weighted by Crippen LogP contribution is 2.37. The van der Waals surface area contributed by atoms with E-state index < -0.39 is 0 Å². The van der Waals surface area contributed by atoms with E-state index in [0.29, 0.717) is 41.1 Å². The molecule has 2 fully saturated rings. The summed E-state index contributed by atoms with van der Waals surface area (Å²) in [5, 5.41) is 6.87. The van der Waals surface area contributed by atoms with E-state index in [-0.39, 0.29) is 17.8 Å². The number of hydrogen-bond donors (Lipinski definition) is 2. The SMILES string of the molecule is COc1cc2ncnc(Nc3cc(C)cc(F)c3)c2cc1OC1CCC(N2CCNC(=O)C2)CC1. The smallest absolute Gasteiger partial charge is 0.234 e. The average molecular weight is 480 g/mol. The Morgan fingerprint density at radius 2 is 1.91 bits per heavy atom. The van der Waals surface area contributed by atoms with E-state index >= 15 is 0 Å². The van der Waals surface area contributed by atoms with Crippen molar-refractivity contribution < 1.29 is 18.7 Å². The Kier molecular flexibility index (Phi) is 6.68. The third-order valence-corrected chi connectivity index (χ3v) is 6.75. The van der Waals surface area contributed by atoms with Crippen LogP contribution in [-0.2, 0) is 4.79 Å². The first-order valence-electron chi connectivity index (χ1n) is 12.0. The van der Waals surface area contributed by atoms with Crippen LogP contribution in [0.3, 0.4) is 0 Å². The van der Waals surface area contributed by atoms with Crippen molar-refractivity contribution in [3.8, 4) is 11.5 Å². The summed E-state index contributed by atoms with van der Waals surface area (Å²) in [6.45, 7) is 3.95. The Morgan fingerprint density at radius 1 is 1.09 bits per heavy atom. The lowest BCUT2D eigenvalue weighted by molar-refractivity contribution is -0.125. The number of amides is 1. The first-order valence-corrected chi connectivity index (χ1v) is 12.0. The summed E-state index contributed by atoms with van der Waals surface area (Å²) >= 11 is 0. The third kappa shape index (κ3) is 5.30. The van der Waals surface area contributed by atoms with Crippen molar-refractivity contribution in [2.24, 2.45) is 0 Å². The van der Waals surface area contributed by atoms with Gasteiger partial charge in [-0.25, -0.2) is 14.4 Å². The molecule has 184 valence electrons. The Hall–Kier alpha value is -3.46. The number of carbonyl (C=O) groups excluding carboxylic acids is 1. The summed E-state index contributed by atoms with van der Waals surface area (Å²) in [6.07, 6.45) is 5.32. The minimum atomic E-state index is -0.308. The van der Waals surface area contributed by atoms with Crippen LogP contribution in [0.4, 0.5) is 15.9 Å². The van der Waals surface area contributed by atoms with Crippen molar-refractivity contribution in [1.82, 2.24) is 20.2 Å². The predicted molar refractivity (Wildman–Crippen MR) is 132 cm³/mol. The first-order chi connectivity index (χ1) is 17.0. The molecular weight excluding hydrogens is 449 g/mol. The van der Waals surface area contributed by atoms with Gasteiger partial charge in [0.25, 0.3) is 0 Å². The Bertz CT molecular complexity index is 1210. The van der Waals surface area contributed by atoms with Crippen LogP contribution in [0, 0.1) is 12.7 Å². The zero-order valence-corrected chi connectivity index (χ0v) is 20.0. The standard InChI is InChI=1S/C26H30FN5O3/c1-16-9-17(27)11-18(10-16)31-26-21-12-24(23(34-2)13-22(21)29-15-30-26)35-20-5-3-19(4-6-20)32-8-7-28-25(33)14-32/h9-13,15,19-20H,3-8,14H2,1-2H3,(H,28,33)(H,29,30,31). The predicted octanol–water partition coefficient (Wildman–Crippen LogP) is 3.95. The molecule has 1 aliphatic carbocycles. The Labute approximate surface area is 203 Å². The minimum absolute atomic E-state index is 0.0584. The van der Waals surface area contributed by atoms with Crippen LogP contribution in [0.15, 0.2) is 36.7 Å². The van der Waals surface area contributed by atoms with Gasteiger partial charge in [0, 0.05) is 36.3 Å². The third-order valence-electron chi connectivity index (χ3n) is 6.75. The van der Waals surface area contributed by atoms with Gasteiger partial charge in [-0.05, 0) is 62.4 Å². The number of carbonyl (C=O) groups is 1. The number of aromatic nitrogens is 2. The molecule has 1 saturated heterocycles. The molecule has 9 heteroatoms. The van der Waals surface area contributed by atoms with Crippen molar-refractivity contribution in [1.29, 1.82) is 0 Å². The van der Waals surface area contributed by atoms with Crippen molar-refractivity contribution in [3.63, 3.8) is 0 Å². The zero-order chi connectivity index (χ0) is 24.4. The van der Waals surface area contributed by atoms with Gasteiger partial charge >= 0.3 is 0 Å². The molecule has 1 saturated carbocycles. The molecule has 8 nitrogen and oxygen atoms in total. The minimum Gasteiger partial charge on any atom is -0.493 e. The number of rotatable bonds is 6. The summed E-state index contributed by atoms with van der Waals surface area (Å²) in [6, 6.07) is 8.93. The van der Waals surface area contributed by atoms with E-state index in [1.807, 2.05) is 25.1 Å². The summed E-state index contributed by atoms with van der Waals surface area (Å²) in [5.74, 6) is 1.61.